The summed E-state index contributed by atoms with van der Waals surface area (Å²) in [5.74, 6) is -0.535. The van der Waals surface area contributed by atoms with Crippen LogP contribution in [0.1, 0.15) is 44.1 Å². The lowest BCUT2D eigenvalue weighted by atomic mass is 10.0. The van der Waals surface area contributed by atoms with E-state index < -0.39 is 17.7 Å². The molecule has 0 aliphatic rings. The van der Waals surface area contributed by atoms with Crippen molar-refractivity contribution >= 4 is 34.2 Å². The van der Waals surface area contributed by atoms with E-state index in [-0.39, 0.29) is 16.7 Å². The van der Waals surface area contributed by atoms with Crippen LogP contribution in [0.2, 0.25) is 0 Å². The maximum atomic E-state index is 12.2. The Labute approximate surface area is 160 Å². The number of aromatic nitrogens is 3. The molecule has 0 aliphatic heterocycles. The summed E-state index contributed by atoms with van der Waals surface area (Å²) in [4.78, 5) is 32.5. The number of amides is 1. The van der Waals surface area contributed by atoms with Crippen LogP contribution < -0.4 is 10.1 Å². The average Bonchev–Trinajstić information content (AvgIpc) is 3.20. The molecule has 3 rings (SSSR count). The standard InChI is InChI=1S/C18H20N4O4S/c1-4-8-18(2,3)26-17(24)21-16-20-14(11-27-16)25-15(23)12-10-22-9-6-5-7-13(22)19-12/h5-7,9-11H,4,8H2,1-3H3,(H,20,21,24). The van der Waals surface area contributed by atoms with Gasteiger partial charge in [-0.05, 0) is 32.4 Å². The van der Waals surface area contributed by atoms with E-state index in [1.165, 1.54) is 5.38 Å². The number of carbonyl (C=O) groups excluding carboxylic acids is 2. The third-order valence-electron chi connectivity index (χ3n) is 3.68. The van der Waals surface area contributed by atoms with E-state index in [0.29, 0.717) is 5.65 Å². The number of anilines is 1. The second kappa shape index (κ2) is 7.75. The second-order valence-electron chi connectivity index (χ2n) is 6.50. The minimum atomic E-state index is -0.623. The fourth-order valence-electron chi connectivity index (χ4n) is 2.56. The monoisotopic (exact) mass is 388 g/mol. The van der Waals surface area contributed by atoms with Crippen LogP contribution in [-0.2, 0) is 4.74 Å². The van der Waals surface area contributed by atoms with Crippen molar-refractivity contribution in [1.82, 2.24) is 14.4 Å². The second-order valence-corrected chi connectivity index (χ2v) is 7.35. The molecule has 8 nitrogen and oxygen atoms in total. The zero-order chi connectivity index (χ0) is 19.4. The van der Waals surface area contributed by atoms with Crippen LogP contribution in [0.15, 0.2) is 36.0 Å². The fourth-order valence-corrected chi connectivity index (χ4v) is 3.16. The van der Waals surface area contributed by atoms with E-state index in [1.54, 1.807) is 22.9 Å². The molecule has 3 aromatic heterocycles. The predicted octanol–water partition coefficient (Wildman–Crippen LogP) is 4.14. The third kappa shape index (κ3) is 4.82. The first kappa shape index (κ1) is 18.8. The fraction of sp³-hybridized carbons (Fsp3) is 0.333. The maximum absolute atomic E-state index is 12.2. The number of nitrogens with one attached hydrogen (secondary N) is 1. The highest BCUT2D eigenvalue weighted by molar-refractivity contribution is 7.14. The van der Waals surface area contributed by atoms with Gasteiger partial charge in [-0.3, -0.25) is 5.32 Å². The lowest BCUT2D eigenvalue weighted by Gasteiger charge is -2.24. The molecule has 142 valence electrons. The van der Waals surface area contributed by atoms with Gasteiger partial charge in [0.05, 0.1) is 5.38 Å². The van der Waals surface area contributed by atoms with Gasteiger partial charge in [-0.2, -0.15) is 4.98 Å². The number of pyridine rings is 1. The van der Waals surface area contributed by atoms with Gasteiger partial charge in [0.1, 0.15) is 11.2 Å². The van der Waals surface area contributed by atoms with Crippen molar-refractivity contribution < 1.29 is 19.1 Å². The topological polar surface area (TPSA) is 94.8 Å². The van der Waals surface area contributed by atoms with Crippen LogP contribution >= 0.6 is 11.3 Å². The molecule has 0 aromatic carbocycles. The summed E-state index contributed by atoms with van der Waals surface area (Å²) in [5, 5.41) is 4.36. The van der Waals surface area contributed by atoms with Crippen molar-refractivity contribution in [3.8, 4) is 5.88 Å². The number of fused-ring (bicyclic) bond motifs is 1. The van der Waals surface area contributed by atoms with Crippen molar-refractivity contribution in [2.45, 2.75) is 39.2 Å². The predicted molar refractivity (Wildman–Crippen MR) is 101 cm³/mol. The first-order chi connectivity index (χ1) is 12.9. The smallest absolute Gasteiger partial charge is 0.413 e. The van der Waals surface area contributed by atoms with Gasteiger partial charge in [0, 0.05) is 12.4 Å². The van der Waals surface area contributed by atoms with E-state index in [9.17, 15) is 9.59 Å². The van der Waals surface area contributed by atoms with Crippen LogP contribution in [0.3, 0.4) is 0 Å². The van der Waals surface area contributed by atoms with Crippen molar-refractivity contribution in [3.05, 3.63) is 41.7 Å². The first-order valence-corrected chi connectivity index (χ1v) is 9.36. The van der Waals surface area contributed by atoms with Gasteiger partial charge in [-0.15, -0.1) is 11.3 Å². The molecule has 0 unspecified atom stereocenters. The number of nitrogens with zero attached hydrogens (tertiary/aromatic N) is 3. The summed E-state index contributed by atoms with van der Waals surface area (Å²) in [6.07, 6.45) is 4.42. The molecule has 0 radical (unpaired) electrons. The van der Waals surface area contributed by atoms with Crippen LogP contribution in [-0.4, -0.2) is 32.0 Å². The third-order valence-corrected chi connectivity index (χ3v) is 4.42. The number of ether oxygens (including phenoxy) is 2. The number of thiazole rings is 1. The molecule has 3 heterocycles. The van der Waals surface area contributed by atoms with E-state index in [1.807, 2.05) is 32.9 Å². The Bertz CT molecular complexity index is 930. The van der Waals surface area contributed by atoms with Crippen molar-refractivity contribution in [1.29, 1.82) is 0 Å². The zero-order valence-electron chi connectivity index (χ0n) is 15.3. The average molecular weight is 388 g/mol. The van der Waals surface area contributed by atoms with Gasteiger partial charge in [0.15, 0.2) is 10.8 Å². The molecular formula is C18H20N4O4S. The highest BCUT2D eigenvalue weighted by Crippen LogP contribution is 2.23. The Morgan fingerprint density at radius 1 is 1.30 bits per heavy atom. The maximum Gasteiger partial charge on any atom is 0.413 e. The molecule has 0 bridgehead atoms. The van der Waals surface area contributed by atoms with Gasteiger partial charge < -0.3 is 13.9 Å². The summed E-state index contributed by atoms with van der Waals surface area (Å²) < 4.78 is 12.3. The van der Waals surface area contributed by atoms with Crippen molar-refractivity contribution in [3.63, 3.8) is 0 Å². The zero-order valence-corrected chi connectivity index (χ0v) is 16.1. The molecule has 0 fully saturated rings. The van der Waals surface area contributed by atoms with E-state index >= 15 is 0 Å². The Balaban J connectivity index is 1.60. The lowest BCUT2D eigenvalue weighted by molar-refractivity contribution is 0.0419. The van der Waals surface area contributed by atoms with E-state index in [4.69, 9.17) is 9.47 Å². The molecule has 3 aromatic rings. The molecule has 1 N–H and O–H groups in total. The SMILES string of the molecule is CCCC(C)(C)OC(=O)Nc1nc(OC(=O)c2cn3ccccc3n2)cs1. The van der Waals surface area contributed by atoms with Gasteiger partial charge in [-0.25, -0.2) is 14.6 Å². The Hall–Kier alpha value is -2.94. The number of hydrogen-bond donors (Lipinski definition) is 1. The molecular weight excluding hydrogens is 368 g/mol. The highest BCUT2D eigenvalue weighted by atomic mass is 32.1. The number of rotatable bonds is 6. The van der Waals surface area contributed by atoms with Crippen LogP contribution in [0.25, 0.3) is 5.65 Å². The van der Waals surface area contributed by atoms with E-state index in [2.05, 4.69) is 15.3 Å². The summed E-state index contributed by atoms with van der Waals surface area (Å²) in [5.41, 5.74) is 0.251. The molecule has 0 atom stereocenters. The van der Waals surface area contributed by atoms with Crippen molar-refractivity contribution in [2.75, 3.05) is 5.32 Å². The van der Waals surface area contributed by atoms with Crippen LogP contribution in [0.5, 0.6) is 5.88 Å². The van der Waals surface area contributed by atoms with Crippen LogP contribution in [0.4, 0.5) is 9.93 Å². The normalized spacial score (nSPS) is 11.4. The molecule has 1 amide bonds. The quantitative estimate of drug-likeness (QED) is 0.638. The molecule has 0 spiro atoms. The Kier molecular flexibility index (Phi) is 5.41. The van der Waals surface area contributed by atoms with Crippen LogP contribution in [0, 0.1) is 0 Å². The number of imidazole rings is 1. The lowest BCUT2D eigenvalue weighted by Crippen LogP contribution is -2.30. The molecule has 27 heavy (non-hydrogen) atoms. The molecule has 0 saturated carbocycles. The number of hydrogen-bond acceptors (Lipinski definition) is 7. The molecule has 0 saturated heterocycles. The number of esters is 1. The Morgan fingerprint density at radius 2 is 2.11 bits per heavy atom. The number of carbonyl (C=O) groups is 2. The summed E-state index contributed by atoms with van der Waals surface area (Å²) >= 11 is 1.13. The first-order valence-electron chi connectivity index (χ1n) is 8.48. The van der Waals surface area contributed by atoms with Gasteiger partial charge in [0.2, 0.25) is 5.88 Å². The Morgan fingerprint density at radius 3 is 2.85 bits per heavy atom. The largest absolute Gasteiger partial charge is 0.443 e. The summed E-state index contributed by atoms with van der Waals surface area (Å²) in [6.45, 7) is 5.72. The molecule has 0 aliphatic carbocycles. The summed E-state index contributed by atoms with van der Waals surface area (Å²) in [6, 6.07) is 5.45. The van der Waals surface area contributed by atoms with Gasteiger partial charge in [0.25, 0.3) is 0 Å². The summed E-state index contributed by atoms with van der Waals surface area (Å²) in [7, 11) is 0. The van der Waals surface area contributed by atoms with E-state index in [0.717, 1.165) is 24.2 Å². The molecule has 9 heteroatoms. The van der Waals surface area contributed by atoms with Gasteiger partial charge >= 0.3 is 12.1 Å². The van der Waals surface area contributed by atoms with Gasteiger partial charge in [-0.1, -0.05) is 19.4 Å². The highest BCUT2D eigenvalue weighted by Gasteiger charge is 2.22. The minimum Gasteiger partial charge on any atom is -0.443 e. The minimum absolute atomic E-state index is 0.0881. The van der Waals surface area contributed by atoms with Crippen molar-refractivity contribution in [2.24, 2.45) is 0 Å².